The highest BCUT2D eigenvalue weighted by Crippen LogP contribution is 1.93. The molecular formula is C9H9NO3. The van der Waals surface area contributed by atoms with E-state index in [0.29, 0.717) is 10.3 Å². The number of carboxylic acids is 1. The second-order valence-electron chi connectivity index (χ2n) is 2.51. The molecule has 0 aromatic heterocycles. The van der Waals surface area contributed by atoms with Crippen molar-refractivity contribution in [3.63, 3.8) is 0 Å². The van der Waals surface area contributed by atoms with Crippen LogP contribution in [0.3, 0.4) is 0 Å². The lowest BCUT2D eigenvalue weighted by molar-refractivity contribution is -0.442. The average molecular weight is 179 g/mol. The molecule has 1 N–H and O–H groups in total. The van der Waals surface area contributed by atoms with Crippen molar-refractivity contribution in [2.24, 2.45) is 0 Å². The fourth-order valence-corrected chi connectivity index (χ4v) is 0.884. The maximum Gasteiger partial charge on any atom is 0.371 e. The van der Waals surface area contributed by atoms with E-state index in [1.165, 1.54) is 6.21 Å². The highest BCUT2D eigenvalue weighted by Gasteiger charge is 2.01. The normalized spacial score (nSPS) is 11.2. The molecule has 4 heteroatoms. The largest absolute Gasteiger partial charge is 0.623 e. The molecule has 0 bridgehead atoms. The standard InChI is InChI=1S/C9H9NO3/c11-9(12)7-10(13)6-8-4-2-1-3-5-8/h1-6H,7H2,(H,11,12). The zero-order valence-corrected chi connectivity index (χ0v) is 6.88. The Morgan fingerprint density at radius 2 is 2.08 bits per heavy atom. The number of rotatable bonds is 3. The van der Waals surface area contributed by atoms with Crippen molar-refractivity contribution in [2.75, 3.05) is 6.54 Å². The summed E-state index contributed by atoms with van der Waals surface area (Å²) >= 11 is 0. The summed E-state index contributed by atoms with van der Waals surface area (Å²) in [5.41, 5.74) is 0.693. The van der Waals surface area contributed by atoms with Crippen molar-refractivity contribution in [1.82, 2.24) is 0 Å². The Kier molecular flexibility index (Phi) is 3.03. The lowest BCUT2D eigenvalue weighted by Gasteiger charge is -1.99. The van der Waals surface area contributed by atoms with Gasteiger partial charge in [-0.1, -0.05) is 18.2 Å². The van der Waals surface area contributed by atoms with Gasteiger partial charge in [-0.05, 0) is 12.1 Å². The zero-order chi connectivity index (χ0) is 9.68. The molecular weight excluding hydrogens is 170 g/mol. The van der Waals surface area contributed by atoms with Crippen LogP contribution in [0.5, 0.6) is 0 Å². The molecule has 0 aliphatic heterocycles. The lowest BCUT2D eigenvalue weighted by Crippen LogP contribution is -2.16. The van der Waals surface area contributed by atoms with Crippen molar-refractivity contribution < 1.29 is 14.6 Å². The van der Waals surface area contributed by atoms with Gasteiger partial charge in [0.1, 0.15) is 0 Å². The average Bonchev–Trinajstić information content (AvgIpc) is 2.04. The predicted molar refractivity (Wildman–Crippen MR) is 47.7 cm³/mol. The molecule has 0 saturated carbocycles. The van der Waals surface area contributed by atoms with Crippen LogP contribution in [0.4, 0.5) is 0 Å². The number of aliphatic carboxylic acids is 1. The summed E-state index contributed by atoms with van der Waals surface area (Å²) in [6.07, 6.45) is 1.24. The van der Waals surface area contributed by atoms with E-state index in [-0.39, 0.29) is 0 Å². The highest BCUT2D eigenvalue weighted by molar-refractivity contribution is 5.76. The first-order valence-electron chi connectivity index (χ1n) is 3.74. The molecule has 0 heterocycles. The quantitative estimate of drug-likeness (QED) is 0.321. The van der Waals surface area contributed by atoms with E-state index in [2.05, 4.69) is 0 Å². The third-order valence-electron chi connectivity index (χ3n) is 1.38. The van der Waals surface area contributed by atoms with Crippen molar-refractivity contribution in [3.05, 3.63) is 41.1 Å². The molecule has 0 saturated heterocycles. The minimum atomic E-state index is -1.14. The van der Waals surface area contributed by atoms with Gasteiger partial charge in [0.05, 0.1) is 0 Å². The van der Waals surface area contributed by atoms with Crippen molar-refractivity contribution >= 4 is 12.2 Å². The summed E-state index contributed by atoms with van der Waals surface area (Å²) in [6.45, 7) is -0.533. The number of hydroxylamine groups is 1. The summed E-state index contributed by atoms with van der Waals surface area (Å²) in [5.74, 6) is -1.14. The monoisotopic (exact) mass is 179 g/mol. The maximum atomic E-state index is 10.9. The minimum absolute atomic E-state index is 0.387. The molecule has 0 amide bonds. The molecule has 0 aliphatic rings. The van der Waals surface area contributed by atoms with Gasteiger partial charge in [0.25, 0.3) is 0 Å². The van der Waals surface area contributed by atoms with E-state index < -0.39 is 12.5 Å². The van der Waals surface area contributed by atoms with Gasteiger partial charge < -0.3 is 10.3 Å². The van der Waals surface area contributed by atoms with Gasteiger partial charge in [-0.25, -0.2) is 4.79 Å². The molecule has 0 aliphatic carbocycles. The van der Waals surface area contributed by atoms with Gasteiger partial charge in [-0.2, -0.15) is 4.74 Å². The van der Waals surface area contributed by atoms with Crippen LogP contribution < -0.4 is 0 Å². The fraction of sp³-hybridized carbons (Fsp3) is 0.111. The Morgan fingerprint density at radius 3 is 2.62 bits per heavy atom. The summed E-state index contributed by atoms with van der Waals surface area (Å²) in [6, 6.07) is 8.84. The molecule has 1 aromatic rings. The number of benzene rings is 1. The Morgan fingerprint density at radius 1 is 1.46 bits per heavy atom. The number of hydrogen-bond donors (Lipinski definition) is 1. The first kappa shape index (κ1) is 9.25. The van der Waals surface area contributed by atoms with Crippen LogP contribution in [0.2, 0.25) is 0 Å². The van der Waals surface area contributed by atoms with E-state index >= 15 is 0 Å². The second kappa shape index (κ2) is 4.25. The minimum Gasteiger partial charge on any atom is -0.623 e. The van der Waals surface area contributed by atoms with Crippen LogP contribution in [0.1, 0.15) is 5.56 Å². The number of carbonyl (C=O) groups is 1. The maximum absolute atomic E-state index is 10.9. The first-order valence-corrected chi connectivity index (χ1v) is 3.74. The molecule has 0 fully saturated rings. The van der Waals surface area contributed by atoms with Gasteiger partial charge in [0.15, 0.2) is 6.21 Å². The van der Waals surface area contributed by atoms with Crippen LogP contribution in [0.25, 0.3) is 0 Å². The number of nitrogens with zero attached hydrogens (tertiary/aromatic N) is 1. The smallest absolute Gasteiger partial charge is 0.371 e. The third-order valence-corrected chi connectivity index (χ3v) is 1.38. The number of carboxylic acid groups (broad SMARTS) is 1. The van der Waals surface area contributed by atoms with E-state index in [0.717, 1.165) is 0 Å². The Balaban J connectivity index is 2.71. The van der Waals surface area contributed by atoms with Crippen molar-refractivity contribution in [1.29, 1.82) is 0 Å². The van der Waals surface area contributed by atoms with E-state index in [1.807, 2.05) is 6.07 Å². The predicted octanol–water partition coefficient (Wildman–Crippen LogP) is 0.700. The van der Waals surface area contributed by atoms with Crippen LogP contribution >= 0.6 is 0 Å². The highest BCUT2D eigenvalue weighted by atomic mass is 16.5. The summed E-state index contributed by atoms with van der Waals surface area (Å²) in [4.78, 5) is 10.1. The topological polar surface area (TPSA) is 63.4 Å². The SMILES string of the molecule is O=C(O)C[N+]([O-])=Cc1ccccc1. The third kappa shape index (κ3) is 3.37. The van der Waals surface area contributed by atoms with Gasteiger partial charge in [-0.15, -0.1) is 0 Å². The van der Waals surface area contributed by atoms with E-state index in [9.17, 15) is 10.0 Å². The molecule has 0 spiro atoms. The van der Waals surface area contributed by atoms with Crippen LogP contribution in [-0.4, -0.2) is 28.6 Å². The molecule has 4 nitrogen and oxygen atoms in total. The molecule has 13 heavy (non-hydrogen) atoms. The summed E-state index contributed by atoms with van der Waals surface area (Å²) < 4.78 is 0.387. The molecule has 1 aromatic carbocycles. The van der Waals surface area contributed by atoms with E-state index in [1.54, 1.807) is 24.3 Å². The van der Waals surface area contributed by atoms with Gasteiger partial charge in [0.2, 0.25) is 6.54 Å². The zero-order valence-electron chi connectivity index (χ0n) is 6.88. The summed E-state index contributed by atoms with van der Waals surface area (Å²) in [7, 11) is 0. The fourth-order valence-electron chi connectivity index (χ4n) is 0.884. The van der Waals surface area contributed by atoms with Crippen molar-refractivity contribution in [2.45, 2.75) is 0 Å². The second-order valence-corrected chi connectivity index (χ2v) is 2.51. The van der Waals surface area contributed by atoms with Crippen molar-refractivity contribution in [3.8, 4) is 0 Å². The molecule has 0 unspecified atom stereocenters. The van der Waals surface area contributed by atoms with Crippen LogP contribution in [0, 0.1) is 5.21 Å². The molecule has 1 rings (SSSR count). The summed E-state index contributed by atoms with van der Waals surface area (Å²) in [5, 5.41) is 19.2. The Hall–Kier alpha value is -1.84. The molecule has 0 radical (unpaired) electrons. The molecule has 0 atom stereocenters. The lowest BCUT2D eigenvalue weighted by atomic mass is 10.2. The number of hydrogen-bond acceptors (Lipinski definition) is 2. The Bertz CT molecular complexity index is 319. The van der Waals surface area contributed by atoms with Gasteiger partial charge in [0, 0.05) is 5.56 Å². The van der Waals surface area contributed by atoms with Gasteiger partial charge >= 0.3 is 5.97 Å². The van der Waals surface area contributed by atoms with E-state index in [4.69, 9.17) is 5.11 Å². The Labute approximate surface area is 75.3 Å². The first-order chi connectivity index (χ1) is 6.18. The van der Waals surface area contributed by atoms with Crippen LogP contribution in [-0.2, 0) is 4.79 Å². The van der Waals surface area contributed by atoms with Crippen LogP contribution in [0.15, 0.2) is 30.3 Å². The van der Waals surface area contributed by atoms with Gasteiger partial charge in [-0.3, -0.25) is 0 Å². The molecule has 68 valence electrons.